The summed E-state index contributed by atoms with van der Waals surface area (Å²) in [4.78, 5) is 23.0. The summed E-state index contributed by atoms with van der Waals surface area (Å²) in [6.45, 7) is 1.89. The summed E-state index contributed by atoms with van der Waals surface area (Å²) in [7, 11) is 0. The lowest BCUT2D eigenvalue weighted by atomic mass is 10.1. The number of carbonyl (C=O) groups excluding carboxylic acids is 2. The molecular weight excluding hydrogens is 371 g/mol. The van der Waals surface area contributed by atoms with E-state index in [1.54, 1.807) is 13.0 Å². The Kier molecular flexibility index (Phi) is 5.95. The molecule has 1 unspecified atom stereocenters. The molecule has 0 amide bonds. The van der Waals surface area contributed by atoms with Gasteiger partial charge in [-0.3, -0.25) is 4.79 Å². The van der Waals surface area contributed by atoms with Crippen molar-refractivity contribution in [2.24, 2.45) is 0 Å². The third kappa shape index (κ3) is 4.17. The van der Waals surface area contributed by atoms with Gasteiger partial charge in [-0.05, 0) is 24.6 Å². The molecule has 98 valence electrons. The number of ketones is 1. The van der Waals surface area contributed by atoms with Gasteiger partial charge in [-0.2, -0.15) is 0 Å². The number of ether oxygens (including phenoxy) is 1. The minimum atomic E-state index is -2.28. The first-order valence-electron chi connectivity index (χ1n) is 5.26. The molecule has 0 N–H and O–H groups in total. The number of Topliss-reactive ketones (excluding diaryl/α,β-unsaturated/α-hetero) is 1. The summed E-state index contributed by atoms with van der Waals surface area (Å²) in [5.41, 5.74) is 0.109. The fourth-order valence-electron chi connectivity index (χ4n) is 1.23. The van der Waals surface area contributed by atoms with Gasteiger partial charge in [0, 0.05) is 14.5 Å². The summed E-state index contributed by atoms with van der Waals surface area (Å²) in [6, 6.07) is 4.61. The van der Waals surface area contributed by atoms with Crippen molar-refractivity contribution in [3.63, 3.8) is 0 Å². The van der Waals surface area contributed by atoms with Crippen molar-refractivity contribution in [1.82, 2.24) is 0 Å². The molecule has 1 rings (SSSR count). The highest BCUT2D eigenvalue weighted by molar-refractivity contribution is 9.11. The molecule has 0 saturated heterocycles. The maximum atomic E-state index is 13.6. The normalized spacial score (nSPS) is 12.0. The average molecular weight is 382 g/mol. The lowest BCUT2D eigenvalue weighted by molar-refractivity contribution is -0.147. The molecule has 0 fully saturated rings. The molecule has 0 aliphatic heterocycles. The number of halogens is 3. The molecule has 1 aromatic carbocycles. The van der Waals surface area contributed by atoms with E-state index in [2.05, 4.69) is 36.6 Å². The van der Waals surface area contributed by atoms with Gasteiger partial charge < -0.3 is 4.74 Å². The van der Waals surface area contributed by atoms with Crippen molar-refractivity contribution in [2.75, 3.05) is 6.61 Å². The second-order valence-corrected chi connectivity index (χ2v) is 5.38. The van der Waals surface area contributed by atoms with Crippen molar-refractivity contribution in [1.29, 1.82) is 0 Å². The SMILES string of the molecule is CCCOC(=O)C(F)C(=O)c1cc(Br)cc(Br)c1. The highest BCUT2D eigenvalue weighted by Gasteiger charge is 2.28. The fourth-order valence-corrected chi connectivity index (χ4v) is 2.52. The zero-order chi connectivity index (χ0) is 13.7. The number of benzene rings is 1. The Balaban J connectivity index is 2.82. The van der Waals surface area contributed by atoms with Gasteiger partial charge in [0.2, 0.25) is 5.78 Å². The molecule has 6 heteroatoms. The lowest BCUT2D eigenvalue weighted by Gasteiger charge is -2.08. The summed E-state index contributed by atoms with van der Waals surface area (Å²) in [6.07, 6.45) is -1.70. The first-order chi connectivity index (χ1) is 8.45. The van der Waals surface area contributed by atoms with Crippen LogP contribution in [0.15, 0.2) is 27.1 Å². The van der Waals surface area contributed by atoms with E-state index in [0.29, 0.717) is 15.4 Å². The van der Waals surface area contributed by atoms with Crippen LogP contribution in [0.4, 0.5) is 4.39 Å². The standard InChI is InChI=1S/C12H11Br2FO3/c1-2-3-18-12(17)10(15)11(16)7-4-8(13)6-9(14)5-7/h4-6,10H,2-3H2,1H3. The third-order valence-electron chi connectivity index (χ3n) is 2.03. The molecule has 3 nitrogen and oxygen atoms in total. The van der Waals surface area contributed by atoms with Gasteiger partial charge in [0.1, 0.15) is 0 Å². The molecule has 0 bridgehead atoms. The van der Waals surface area contributed by atoms with Crippen molar-refractivity contribution in [3.8, 4) is 0 Å². The van der Waals surface area contributed by atoms with Crippen LogP contribution in [0, 0.1) is 0 Å². The van der Waals surface area contributed by atoms with Crippen molar-refractivity contribution in [3.05, 3.63) is 32.7 Å². The van der Waals surface area contributed by atoms with E-state index in [-0.39, 0.29) is 12.2 Å². The van der Waals surface area contributed by atoms with Gasteiger partial charge in [0.25, 0.3) is 6.17 Å². The van der Waals surface area contributed by atoms with Gasteiger partial charge in [-0.1, -0.05) is 38.8 Å². The Hall–Kier alpha value is -0.750. The van der Waals surface area contributed by atoms with Crippen molar-refractivity contribution in [2.45, 2.75) is 19.5 Å². The Bertz CT molecular complexity index is 442. The van der Waals surface area contributed by atoms with E-state index in [9.17, 15) is 14.0 Å². The Morgan fingerprint density at radius 3 is 2.33 bits per heavy atom. The number of carbonyl (C=O) groups is 2. The summed E-state index contributed by atoms with van der Waals surface area (Å²) < 4.78 is 19.4. The Morgan fingerprint density at radius 1 is 1.28 bits per heavy atom. The molecule has 0 heterocycles. The minimum Gasteiger partial charge on any atom is -0.463 e. The van der Waals surface area contributed by atoms with Crippen LogP contribution in [0.3, 0.4) is 0 Å². The van der Waals surface area contributed by atoms with Crippen molar-refractivity contribution >= 4 is 43.6 Å². The molecule has 0 aromatic heterocycles. The first-order valence-corrected chi connectivity index (χ1v) is 6.85. The third-order valence-corrected chi connectivity index (χ3v) is 2.95. The molecule has 1 aromatic rings. The van der Waals surface area contributed by atoms with Gasteiger partial charge in [-0.25, -0.2) is 9.18 Å². The van der Waals surface area contributed by atoms with Crippen LogP contribution in [0.1, 0.15) is 23.7 Å². The maximum Gasteiger partial charge on any atom is 0.349 e. The number of alkyl halides is 1. The van der Waals surface area contributed by atoms with Crippen LogP contribution in [-0.4, -0.2) is 24.5 Å². The van der Waals surface area contributed by atoms with Crippen LogP contribution >= 0.6 is 31.9 Å². The summed E-state index contributed by atoms with van der Waals surface area (Å²) in [5, 5.41) is 0. The Labute approximate surface area is 121 Å². The molecule has 0 aliphatic rings. The van der Waals surface area contributed by atoms with Gasteiger partial charge in [-0.15, -0.1) is 0 Å². The van der Waals surface area contributed by atoms with E-state index in [4.69, 9.17) is 0 Å². The van der Waals surface area contributed by atoms with Crippen molar-refractivity contribution < 1.29 is 18.7 Å². The van der Waals surface area contributed by atoms with Crippen LogP contribution in [0.25, 0.3) is 0 Å². The molecule has 0 aliphatic carbocycles. The molecule has 18 heavy (non-hydrogen) atoms. The van der Waals surface area contributed by atoms with Gasteiger partial charge in [0.05, 0.1) is 6.61 Å². The first kappa shape index (κ1) is 15.3. The lowest BCUT2D eigenvalue weighted by Crippen LogP contribution is -2.28. The highest BCUT2D eigenvalue weighted by atomic mass is 79.9. The monoisotopic (exact) mass is 380 g/mol. The average Bonchev–Trinajstić information content (AvgIpc) is 2.32. The van der Waals surface area contributed by atoms with E-state index in [1.165, 1.54) is 12.1 Å². The predicted molar refractivity (Wildman–Crippen MR) is 72.3 cm³/mol. The second-order valence-electron chi connectivity index (χ2n) is 3.55. The molecular formula is C12H11Br2FO3. The van der Waals surface area contributed by atoms with E-state index >= 15 is 0 Å². The van der Waals surface area contributed by atoms with E-state index < -0.39 is 17.9 Å². The highest BCUT2D eigenvalue weighted by Crippen LogP contribution is 2.21. The second kappa shape index (κ2) is 6.99. The molecule has 0 spiro atoms. The minimum absolute atomic E-state index is 0.106. The Morgan fingerprint density at radius 2 is 1.83 bits per heavy atom. The molecule has 1 atom stereocenters. The quantitative estimate of drug-likeness (QED) is 0.444. The predicted octanol–water partition coefficient (Wildman–Crippen LogP) is 3.69. The van der Waals surface area contributed by atoms with Gasteiger partial charge in [0.15, 0.2) is 0 Å². The van der Waals surface area contributed by atoms with Crippen LogP contribution in [-0.2, 0) is 9.53 Å². The fraction of sp³-hybridized carbons (Fsp3) is 0.333. The molecule has 0 saturated carbocycles. The van der Waals surface area contributed by atoms with Crippen LogP contribution in [0.2, 0.25) is 0 Å². The number of hydrogen-bond donors (Lipinski definition) is 0. The molecule has 0 radical (unpaired) electrons. The maximum absolute atomic E-state index is 13.6. The van der Waals surface area contributed by atoms with E-state index in [1.807, 2.05) is 0 Å². The number of esters is 1. The summed E-state index contributed by atoms with van der Waals surface area (Å²) >= 11 is 6.38. The van der Waals surface area contributed by atoms with Gasteiger partial charge >= 0.3 is 5.97 Å². The summed E-state index contributed by atoms with van der Waals surface area (Å²) in [5.74, 6) is -2.05. The van der Waals surface area contributed by atoms with E-state index in [0.717, 1.165) is 0 Å². The number of hydrogen-bond acceptors (Lipinski definition) is 3. The topological polar surface area (TPSA) is 43.4 Å². The van der Waals surface area contributed by atoms with Crippen LogP contribution in [0.5, 0.6) is 0 Å². The van der Waals surface area contributed by atoms with Crippen LogP contribution < -0.4 is 0 Å². The zero-order valence-electron chi connectivity index (χ0n) is 9.58. The smallest absolute Gasteiger partial charge is 0.349 e. The largest absolute Gasteiger partial charge is 0.463 e. The number of rotatable bonds is 5. The zero-order valence-corrected chi connectivity index (χ0v) is 12.8.